The third-order valence-corrected chi connectivity index (χ3v) is 6.13. The number of halogens is 1. The fourth-order valence-corrected chi connectivity index (χ4v) is 4.57. The molecule has 3 aromatic heterocycles. The Bertz CT molecular complexity index is 1290. The maximum Gasteiger partial charge on any atom is 0.124 e. The van der Waals surface area contributed by atoms with Crippen LogP contribution in [0, 0.1) is 6.92 Å². The highest BCUT2D eigenvalue weighted by atomic mass is 35.5. The molecule has 2 aromatic carbocycles. The fourth-order valence-electron chi connectivity index (χ4n) is 3.39. The van der Waals surface area contributed by atoms with E-state index < -0.39 is 0 Å². The molecule has 0 amide bonds. The number of thiazole rings is 1. The monoisotopic (exact) mass is 401 g/mol. The number of aryl methyl sites for hydroxylation is 1. The van der Waals surface area contributed by atoms with E-state index in [-0.39, 0.29) is 0 Å². The molecule has 3 nitrogen and oxygen atoms in total. The van der Waals surface area contributed by atoms with Crippen LogP contribution in [-0.4, -0.2) is 15.0 Å². The summed E-state index contributed by atoms with van der Waals surface area (Å²) in [7, 11) is 0. The Morgan fingerprint density at radius 1 is 0.929 bits per heavy atom. The van der Waals surface area contributed by atoms with Gasteiger partial charge in [-0.2, -0.15) is 0 Å². The fraction of sp³-hybridized carbons (Fsp3) is 0.0435. The van der Waals surface area contributed by atoms with E-state index in [1.165, 1.54) is 4.88 Å². The quantitative estimate of drug-likeness (QED) is 0.354. The number of nitrogens with zero attached hydrogens (tertiary/aromatic N) is 2. The van der Waals surface area contributed by atoms with E-state index in [0.717, 1.165) is 49.0 Å². The molecule has 0 unspecified atom stereocenters. The van der Waals surface area contributed by atoms with Crippen LogP contribution in [0.2, 0.25) is 5.02 Å². The lowest BCUT2D eigenvalue weighted by molar-refractivity contribution is 1.31. The minimum atomic E-state index is 0.742. The number of benzene rings is 2. The minimum Gasteiger partial charge on any atom is -0.354 e. The maximum absolute atomic E-state index is 6.36. The number of hydrogen-bond acceptors (Lipinski definition) is 3. The zero-order valence-electron chi connectivity index (χ0n) is 15.1. The first kappa shape index (κ1) is 17.2. The zero-order valence-corrected chi connectivity index (χ0v) is 16.7. The summed E-state index contributed by atoms with van der Waals surface area (Å²) in [6.45, 7) is 2.12. The van der Waals surface area contributed by atoms with Crippen molar-refractivity contribution < 1.29 is 0 Å². The van der Waals surface area contributed by atoms with Gasteiger partial charge in [0.25, 0.3) is 0 Å². The molecule has 0 fully saturated rings. The number of H-pyrrole nitrogens is 1. The summed E-state index contributed by atoms with van der Waals surface area (Å²) in [4.78, 5) is 13.7. The normalized spacial score (nSPS) is 11.2. The van der Waals surface area contributed by atoms with Crippen molar-refractivity contribution >= 4 is 33.8 Å². The van der Waals surface area contributed by atoms with Crippen molar-refractivity contribution in [2.24, 2.45) is 0 Å². The molecular formula is C23H16ClN3S. The SMILES string of the molecule is Cc1sc(-c2ccncc2)nc1-c1ccc2[nH]c(-c3ccccc3Cl)cc2c1. The summed E-state index contributed by atoms with van der Waals surface area (Å²) in [5.41, 5.74) is 6.35. The number of hydrogen-bond donors (Lipinski definition) is 1. The van der Waals surface area contributed by atoms with Crippen LogP contribution in [-0.2, 0) is 0 Å². The molecule has 1 N–H and O–H groups in total. The van der Waals surface area contributed by atoms with Crippen molar-refractivity contribution in [3.63, 3.8) is 0 Å². The minimum absolute atomic E-state index is 0.742. The van der Waals surface area contributed by atoms with Crippen LogP contribution in [0.4, 0.5) is 0 Å². The van der Waals surface area contributed by atoms with Crippen molar-refractivity contribution in [2.75, 3.05) is 0 Å². The van der Waals surface area contributed by atoms with Crippen LogP contribution in [0.5, 0.6) is 0 Å². The van der Waals surface area contributed by atoms with Crippen molar-refractivity contribution in [3.8, 4) is 33.1 Å². The van der Waals surface area contributed by atoms with Crippen molar-refractivity contribution in [2.45, 2.75) is 6.92 Å². The molecule has 5 heteroatoms. The summed E-state index contributed by atoms with van der Waals surface area (Å²) >= 11 is 8.07. The summed E-state index contributed by atoms with van der Waals surface area (Å²) in [6, 6.07) is 20.4. The van der Waals surface area contributed by atoms with Crippen LogP contribution in [0.25, 0.3) is 44.0 Å². The third kappa shape index (κ3) is 3.01. The highest BCUT2D eigenvalue weighted by Gasteiger charge is 2.13. The largest absolute Gasteiger partial charge is 0.354 e. The Hall–Kier alpha value is -2.95. The lowest BCUT2D eigenvalue weighted by Gasteiger charge is -1.99. The average Bonchev–Trinajstić information content (AvgIpc) is 3.32. The molecule has 0 aliphatic heterocycles. The van der Waals surface area contributed by atoms with E-state index >= 15 is 0 Å². The predicted molar refractivity (Wildman–Crippen MR) is 118 cm³/mol. The molecule has 0 atom stereocenters. The lowest BCUT2D eigenvalue weighted by atomic mass is 10.1. The van der Waals surface area contributed by atoms with Gasteiger partial charge < -0.3 is 4.98 Å². The van der Waals surface area contributed by atoms with E-state index in [2.05, 4.69) is 41.2 Å². The molecule has 0 bridgehead atoms. The van der Waals surface area contributed by atoms with Gasteiger partial charge in [0.05, 0.1) is 5.69 Å². The van der Waals surface area contributed by atoms with Gasteiger partial charge in [-0.05, 0) is 43.3 Å². The van der Waals surface area contributed by atoms with Gasteiger partial charge in [-0.3, -0.25) is 4.98 Å². The number of pyridine rings is 1. The van der Waals surface area contributed by atoms with Gasteiger partial charge in [-0.25, -0.2) is 4.98 Å². The first-order valence-electron chi connectivity index (χ1n) is 8.95. The number of rotatable bonds is 3. The van der Waals surface area contributed by atoms with Crippen LogP contribution in [0.1, 0.15) is 4.88 Å². The van der Waals surface area contributed by atoms with Gasteiger partial charge in [0.15, 0.2) is 0 Å². The summed E-state index contributed by atoms with van der Waals surface area (Å²) in [6.07, 6.45) is 3.60. The molecule has 3 heterocycles. The van der Waals surface area contributed by atoms with Crippen LogP contribution >= 0.6 is 22.9 Å². The molecule has 136 valence electrons. The Balaban J connectivity index is 1.57. The van der Waals surface area contributed by atoms with Crippen molar-refractivity contribution in [3.05, 3.63) is 83.0 Å². The zero-order chi connectivity index (χ0) is 19.1. The molecule has 0 aliphatic rings. The highest BCUT2D eigenvalue weighted by Crippen LogP contribution is 2.35. The third-order valence-electron chi connectivity index (χ3n) is 4.78. The average molecular weight is 402 g/mol. The van der Waals surface area contributed by atoms with Gasteiger partial charge in [0.1, 0.15) is 5.01 Å². The first-order chi connectivity index (χ1) is 13.7. The van der Waals surface area contributed by atoms with E-state index in [9.17, 15) is 0 Å². The Labute approximate surface area is 171 Å². The number of fused-ring (bicyclic) bond motifs is 1. The number of aromatic nitrogens is 3. The van der Waals surface area contributed by atoms with Gasteiger partial charge >= 0.3 is 0 Å². The van der Waals surface area contributed by atoms with E-state index in [1.54, 1.807) is 23.7 Å². The molecule has 28 heavy (non-hydrogen) atoms. The molecular weight excluding hydrogens is 386 g/mol. The molecule has 0 saturated carbocycles. The van der Waals surface area contributed by atoms with E-state index in [4.69, 9.17) is 16.6 Å². The lowest BCUT2D eigenvalue weighted by Crippen LogP contribution is -1.82. The van der Waals surface area contributed by atoms with E-state index in [0.29, 0.717) is 0 Å². The summed E-state index contributed by atoms with van der Waals surface area (Å²) in [5, 5.41) is 2.90. The highest BCUT2D eigenvalue weighted by molar-refractivity contribution is 7.15. The van der Waals surface area contributed by atoms with E-state index in [1.807, 2.05) is 36.4 Å². The topological polar surface area (TPSA) is 41.6 Å². The first-order valence-corrected chi connectivity index (χ1v) is 10.1. The van der Waals surface area contributed by atoms with Gasteiger partial charge in [-0.1, -0.05) is 35.9 Å². The Kier molecular flexibility index (Phi) is 4.23. The van der Waals surface area contributed by atoms with Crippen LogP contribution in [0.3, 0.4) is 0 Å². The second-order valence-corrected chi connectivity index (χ2v) is 8.23. The number of nitrogens with one attached hydrogen (secondary N) is 1. The molecule has 5 rings (SSSR count). The second-order valence-electron chi connectivity index (χ2n) is 6.62. The second kappa shape index (κ2) is 6.89. The number of aromatic amines is 1. The summed E-state index contributed by atoms with van der Waals surface area (Å²) in [5.74, 6) is 0. The van der Waals surface area contributed by atoms with Gasteiger partial charge in [0.2, 0.25) is 0 Å². The standard InChI is InChI=1S/C23H16ClN3S/c1-14-22(27-23(28-14)15-8-10-25-11-9-15)16-6-7-20-17(12-16)13-21(26-20)18-4-2-3-5-19(18)24/h2-13,26H,1H3. The van der Waals surface area contributed by atoms with Gasteiger partial charge in [-0.15, -0.1) is 11.3 Å². The van der Waals surface area contributed by atoms with Crippen molar-refractivity contribution in [1.82, 2.24) is 15.0 Å². The molecule has 5 aromatic rings. The van der Waals surface area contributed by atoms with Crippen molar-refractivity contribution in [1.29, 1.82) is 0 Å². The Morgan fingerprint density at radius 2 is 1.75 bits per heavy atom. The van der Waals surface area contributed by atoms with Gasteiger partial charge in [0, 0.05) is 55.6 Å². The molecule has 0 saturated heterocycles. The Morgan fingerprint density at radius 3 is 2.57 bits per heavy atom. The maximum atomic E-state index is 6.36. The van der Waals surface area contributed by atoms with Crippen LogP contribution in [0.15, 0.2) is 73.1 Å². The molecule has 0 aliphatic carbocycles. The smallest absolute Gasteiger partial charge is 0.124 e. The molecule has 0 radical (unpaired) electrons. The molecule has 0 spiro atoms. The van der Waals surface area contributed by atoms with Crippen LogP contribution < -0.4 is 0 Å². The predicted octanol–water partition coefficient (Wildman–Crippen LogP) is 6.98. The summed E-state index contributed by atoms with van der Waals surface area (Å²) < 4.78 is 0.